The number of halogens is 2. The molecule has 1 aromatic carbocycles. The van der Waals surface area contributed by atoms with Crippen LogP contribution in [-0.2, 0) is 9.53 Å². The second-order valence-electron chi connectivity index (χ2n) is 7.14. The minimum Gasteiger partial charge on any atom is -0.496 e. The minimum absolute atomic E-state index is 0. The smallest absolute Gasteiger partial charge is 0.303 e. The summed E-state index contributed by atoms with van der Waals surface area (Å²) in [6, 6.07) is 3.01. The minimum atomic E-state index is -0.729. The highest BCUT2D eigenvalue weighted by Gasteiger charge is 2.20. The number of nitrogens with two attached hydrogens (primary N) is 1. The molecule has 0 unspecified atom stereocenters. The zero-order chi connectivity index (χ0) is 21.2. The van der Waals surface area contributed by atoms with Gasteiger partial charge in [-0.1, -0.05) is 18.0 Å². The molecular formula is C20H31Cl2N3O5. The fourth-order valence-electron chi connectivity index (χ4n) is 3.32. The normalized spacial score (nSPS) is 14.7. The van der Waals surface area contributed by atoms with Crippen LogP contribution in [0.4, 0.5) is 5.69 Å². The van der Waals surface area contributed by atoms with Crippen LogP contribution in [-0.4, -0.2) is 61.5 Å². The molecule has 30 heavy (non-hydrogen) atoms. The molecule has 2 rings (SSSR count). The van der Waals surface area contributed by atoms with Crippen molar-refractivity contribution in [2.75, 3.05) is 39.2 Å². The number of carboxylic acids is 1. The molecule has 1 amide bonds. The van der Waals surface area contributed by atoms with Crippen molar-refractivity contribution >= 4 is 41.6 Å². The van der Waals surface area contributed by atoms with Gasteiger partial charge in [0, 0.05) is 25.6 Å². The molecule has 0 spiro atoms. The number of carbonyl (C=O) groups excluding carboxylic acids is 1. The van der Waals surface area contributed by atoms with E-state index in [-0.39, 0.29) is 37.6 Å². The molecule has 0 bridgehead atoms. The Morgan fingerprint density at radius 3 is 2.60 bits per heavy atom. The lowest BCUT2D eigenvalue weighted by Gasteiger charge is -2.31. The lowest BCUT2D eigenvalue weighted by atomic mass is 10.1. The first-order valence-electron chi connectivity index (χ1n) is 9.87. The SMILES string of the molecule is COc1cc(N)c(Cl)cc1C(=O)NCOC1CCN(CCCCCC(=O)O)CC1.Cl. The summed E-state index contributed by atoms with van der Waals surface area (Å²) >= 11 is 6.00. The Hall–Kier alpha value is -1.74. The predicted molar refractivity (Wildman–Crippen MR) is 119 cm³/mol. The quantitative estimate of drug-likeness (QED) is 0.262. The first-order valence-corrected chi connectivity index (χ1v) is 10.3. The van der Waals surface area contributed by atoms with Crippen LogP contribution in [0.3, 0.4) is 0 Å². The number of nitrogen functional groups attached to an aromatic ring is 1. The third-order valence-corrected chi connectivity index (χ3v) is 5.34. The molecule has 8 nitrogen and oxygen atoms in total. The Morgan fingerprint density at radius 2 is 1.97 bits per heavy atom. The molecule has 1 fully saturated rings. The second-order valence-corrected chi connectivity index (χ2v) is 7.54. The number of piperidine rings is 1. The van der Waals surface area contributed by atoms with Crippen LogP contribution >= 0.6 is 24.0 Å². The third-order valence-electron chi connectivity index (χ3n) is 5.01. The van der Waals surface area contributed by atoms with Crippen LogP contribution in [0, 0.1) is 0 Å². The molecule has 1 aliphatic rings. The van der Waals surface area contributed by atoms with Crippen molar-refractivity contribution in [1.82, 2.24) is 10.2 Å². The zero-order valence-electron chi connectivity index (χ0n) is 17.2. The van der Waals surface area contributed by atoms with E-state index in [1.807, 2.05) is 0 Å². The summed E-state index contributed by atoms with van der Waals surface area (Å²) < 4.78 is 11.0. The second kappa shape index (κ2) is 13.5. The average molecular weight is 464 g/mol. The number of nitrogens with one attached hydrogen (secondary N) is 1. The third kappa shape index (κ3) is 8.55. The van der Waals surface area contributed by atoms with Crippen molar-refractivity contribution in [3.05, 3.63) is 22.7 Å². The van der Waals surface area contributed by atoms with Crippen LogP contribution in [0.25, 0.3) is 0 Å². The molecule has 0 aliphatic carbocycles. The summed E-state index contributed by atoms with van der Waals surface area (Å²) in [5.41, 5.74) is 6.40. The van der Waals surface area contributed by atoms with Gasteiger partial charge >= 0.3 is 5.97 Å². The molecule has 1 saturated heterocycles. The van der Waals surface area contributed by atoms with E-state index in [4.69, 9.17) is 31.9 Å². The molecule has 0 atom stereocenters. The summed E-state index contributed by atoms with van der Waals surface area (Å²) in [4.78, 5) is 25.3. The van der Waals surface area contributed by atoms with Gasteiger partial charge in [-0.3, -0.25) is 9.59 Å². The van der Waals surface area contributed by atoms with Crippen LogP contribution in [0.15, 0.2) is 12.1 Å². The Kier molecular flexibility index (Phi) is 11.9. The topological polar surface area (TPSA) is 114 Å². The first-order chi connectivity index (χ1) is 13.9. The maximum Gasteiger partial charge on any atom is 0.303 e. The molecule has 0 aromatic heterocycles. The molecule has 10 heteroatoms. The van der Waals surface area contributed by atoms with Gasteiger partial charge in [-0.25, -0.2) is 0 Å². The number of rotatable bonds is 11. The first kappa shape index (κ1) is 26.3. The number of methoxy groups -OCH3 is 1. The summed E-state index contributed by atoms with van der Waals surface area (Å²) in [5, 5.41) is 11.7. The van der Waals surface area contributed by atoms with Gasteiger partial charge in [-0.05, 0) is 38.3 Å². The number of aliphatic carboxylic acids is 1. The Labute approximate surface area is 188 Å². The highest BCUT2D eigenvalue weighted by atomic mass is 35.5. The molecule has 1 aromatic rings. The van der Waals surface area contributed by atoms with Crippen LogP contribution in [0.2, 0.25) is 5.02 Å². The summed E-state index contributed by atoms with van der Waals surface area (Å²) in [6.45, 7) is 2.99. The van der Waals surface area contributed by atoms with Crippen molar-refractivity contribution in [2.45, 2.75) is 44.6 Å². The van der Waals surface area contributed by atoms with Crippen molar-refractivity contribution in [2.24, 2.45) is 0 Å². The summed E-state index contributed by atoms with van der Waals surface area (Å²) in [5.74, 6) is -0.698. The molecule has 4 N–H and O–H groups in total. The van der Waals surface area contributed by atoms with Crippen LogP contribution < -0.4 is 15.8 Å². The number of carbonyl (C=O) groups is 2. The number of amides is 1. The number of ether oxygens (including phenoxy) is 2. The largest absolute Gasteiger partial charge is 0.496 e. The van der Waals surface area contributed by atoms with Gasteiger partial charge in [0.2, 0.25) is 0 Å². The van der Waals surface area contributed by atoms with Gasteiger partial charge in [-0.15, -0.1) is 12.4 Å². The zero-order valence-corrected chi connectivity index (χ0v) is 18.8. The predicted octanol–water partition coefficient (Wildman–Crippen LogP) is 3.17. The van der Waals surface area contributed by atoms with Gasteiger partial charge in [0.1, 0.15) is 12.5 Å². The van der Waals surface area contributed by atoms with E-state index in [1.165, 1.54) is 19.2 Å². The number of unbranched alkanes of at least 4 members (excludes halogenated alkanes) is 2. The fraction of sp³-hybridized carbons (Fsp3) is 0.600. The van der Waals surface area contributed by atoms with E-state index in [0.29, 0.717) is 22.0 Å². The van der Waals surface area contributed by atoms with Crippen molar-refractivity contribution in [3.8, 4) is 5.75 Å². The lowest BCUT2D eigenvalue weighted by molar-refractivity contribution is -0.137. The van der Waals surface area contributed by atoms with Gasteiger partial charge in [0.05, 0.1) is 29.5 Å². The molecule has 1 aliphatic heterocycles. The molecule has 0 radical (unpaired) electrons. The molecule has 1 heterocycles. The van der Waals surface area contributed by atoms with Gasteiger partial charge in [0.25, 0.3) is 5.91 Å². The Morgan fingerprint density at radius 1 is 1.27 bits per heavy atom. The monoisotopic (exact) mass is 463 g/mol. The number of hydrogen-bond acceptors (Lipinski definition) is 6. The van der Waals surface area contributed by atoms with Crippen molar-refractivity contribution in [1.29, 1.82) is 0 Å². The van der Waals surface area contributed by atoms with E-state index in [9.17, 15) is 9.59 Å². The maximum absolute atomic E-state index is 12.4. The maximum atomic E-state index is 12.4. The standard InChI is InChI=1S/C20H30ClN3O5.ClH/c1-28-18-12-17(22)16(21)11-15(18)20(27)23-13-29-14-6-9-24(10-7-14)8-4-2-3-5-19(25)26;/h11-12,14H,2-10,13,22H2,1H3,(H,23,27)(H,25,26);1H. The lowest BCUT2D eigenvalue weighted by Crippen LogP contribution is -2.39. The number of nitrogens with zero attached hydrogens (tertiary/aromatic N) is 1. The van der Waals surface area contributed by atoms with Crippen molar-refractivity contribution < 1.29 is 24.2 Å². The van der Waals surface area contributed by atoms with Crippen molar-refractivity contribution in [3.63, 3.8) is 0 Å². The number of anilines is 1. The summed E-state index contributed by atoms with van der Waals surface area (Å²) in [6.07, 6.45) is 4.85. The van der Waals surface area contributed by atoms with Gasteiger partial charge in [0.15, 0.2) is 0 Å². The van der Waals surface area contributed by atoms with Gasteiger partial charge in [-0.2, -0.15) is 0 Å². The van der Waals surface area contributed by atoms with Crippen LogP contribution in [0.5, 0.6) is 5.75 Å². The van der Waals surface area contributed by atoms with E-state index in [0.717, 1.165) is 51.7 Å². The van der Waals surface area contributed by atoms with E-state index in [2.05, 4.69) is 10.2 Å². The molecule has 170 valence electrons. The van der Waals surface area contributed by atoms with E-state index < -0.39 is 5.97 Å². The molecule has 0 saturated carbocycles. The fourth-order valence-corrected chi connectivity index (χ4v) is 3.49. The number of hydrogen-bond donors (Lipinski definition) is 3. The number of carboxylic acid groups (broad SMARTS) is 1. The molecular weight excluding hydrogens is 433 g/mol. The Balaban J connectivity index is 0.00000450. The highest BCUT2D eigenvalue weighted by molar-refractivity contribution is 6.33. The average Bonchev–Trinajstić information content (AvgIpc) is 2.70. The van der Waals surface area contributed by atoms with E-state index >= 15 is 0 Å². The highest BCUT2D eigenvalue weighted by Crippen LogP contribution is 2.28. The Bertz CT molecular complexity index is 697. The van der Waals surface area contributed by atoms with Crippen LogP contribution in [0.1, 0.15) is 48.9 Å². The van der Waals surface area contributed by atoms with Gasteiger partial charge < -0.3 is 30.5 Å². The van der Waals surface area contributed by atoms with E-state index in [1.54, 1.807) is 0 Å². The number of likely N-dealkylation sites (tertiary alicyclic amines) is 1. The number of benzene rings is 1. The summed E-state index contributed by atoms with van der Waals surface area (Å²) in [7, 11) is 1.47.